The SMILES string of the molecule is O=C(CN1C(=O)NC2(CCCCC2)C1=O)N1CCCN(Cc2ccc(Cl)cc2)CC1. The van der Waals surface area contributed by atoms with Gasteiger partial charge in [0.05, 0.1) is 0 Å². The van der Waals surface area contributed by atoms with Crippen molar-refractivity contribution in [3.63, 3.8) is 0 Å². The summed E-state index contributed by atoms with van der Waals surface area (Å²) in [4.78, 5) is 43.5. The van der Waals surface area contributed by atoms with Gasteiger partial charge in [-0.2, -0.15) is 0 Å². The molecular formula is C22H29ClN4O3. The minimum atomic E-state index is -0.774. The summed E-state index contributed by atoms with van der Waals surface area (Å²) in [6, 6.07) is 7.40. The molecule has 3 fully saturated rings. The third-order valence-corrected chi connectivity index (χ3v) is 6.76. The van der Waals surface area contributed by atoms with Gasteiger partial charge in [-0.25, -0.2) is 4.79 Å². The number of benzene rings is 1. The zero-order chi connectivity index (χ0) is 21.1. The van der Waals surface area contributed by atoms with Gasteiger partial charge in [0.1, 0.15) is 12.1 Å². The monoisotopic (exact) mass is 432 g/mol. The van der Waals surface area contributed by atoms with Crippen molar-refractivity contribution >= 4 is 29.4 Å². The molecule has 0 radical (unpaired) electrons. The molecule has 1 N–H and O–H groups in total. The molecule has 1 aliphatic carbocycles. The van der Waals surface area contributed by atoms with Crippen LogP contribution in [0.25, 0.3) is 0 Å². The smallest absolute Gasteiger partial charge is 0.325 e. The van der Waals surface area contributed by atoms with Crippen LogP contribution in [0, 0.1) is 0 Å². The molecule has 1 spiro atoms. The van der Waals surface area contributed by atoms with E-state index >= 15 is 0 Å². The number of carbonyl (C=O) groups excluding carboxylic acids is 3. The number of nitrogens with one attached hydrogen (secondary N) is 1. The van der Waals surface area contributed by atoms with Gasteiger partial charge in [-0.05, 0) is 37.0 Å². The Bertz CT molecular complexity index is 807. The standard InChI is InChI=1S/C22H29ClN4O3/c23-18-7-5-17(6-8-18)15-25-11-4-12-26(14-13-25)19(28)16-27-20(29)22(24-21(27)30)9-2-1-3-10-22/h5-8H,1-4,9-16H2,(H,24,30). The van der Waals surface area contributed by atoms with Crippen LogP contribution >= 0.6 is 11.6 Å². The van der Waals surface area contributed by atoms with Gasteiger partial charge in [0, 0.05) is 37.7 Å². The van der Waals surface area contributed by atoms with Crippen LogP contribution < -0.4 is 5.32 Å². The number of carbonyl (C=O) groups is 3. The minimum absolute atomic E-state index is 0.153. The third-order valence-electron chi connectivity index (χ3n) is 6.51. The van der Waals surface area contributed by atoms with Crippen molar-refractivity contribution in [1.29, 1.82) is 0 Å². The summed E-state index contributed by atoms with van der Waals surface area (Å²) < 4.78 is 0. The Balaban J connectivity index is 1.32. The average Bonchev–Trinajstić information content (AvgIpc) is 2.91. The van der Waals surface area contributed by atoms with E-state index in [1.807, 2.05) is 24.3 Å². The van der Waals surface area contributed by atoms with Crippen LogP contribution in [0.15, 0.2) is 24.3 Å². The van der Waals surface area contributed by atoms with Gasteiger partial charge >= 0.3 is 6.03 Å². The van der Waals surface area contributed by atoms with Gasteiger partial charge in [0.25, 0.3) is 5.91 Å². The molecule has 2 heterocycles. The molecule has 3 aliphatic rings. The molecule has 162 valence electrons. The van der Waals surface area contributed by atoms with Crippen molar-refractivity contribution in [2.24, 2.45) is 0 Å². The molecule has 2 aliphatic heterocycles. The molecule has 4 amide bonds. The predicted octanol–water partition coefficient (Wildman–Crippen LogP) is 2.63. The van der Waals surface area contributed by atoms with Crippen molar-refractivity contribution in [1.82, 2.24) is 20.0 Å². The normalized spacial score (nSPS) is 22.3. The van der Waals surface area contributed by atoms with Crippen molar-refractivity contribution in [3.05, 3.63) is 34.9 Å². The number of hydrogen-bond acceptors (Lipinski definition) is 4. The van der Waals surface area contributed by atoms with Crippen LogP contribution in [0.5, 0.6) is 0 Å². The molecule has 8 heteroatoms. The maximum absolute atomic E-state index is 12.9. The summed E-state index contributed by atoms with van der Waals surface area (Å²) in [5.74, 6) is -0.376. The Hall–Kier alpha value is -2.12. The van der Waals surface area contributed by atoms with E-state index in [0.717, 1.165) is 55.2 Å². The van der Waals surface area contributed by atoms with E-state index in [2.05, 4.69) is 10.2 Å². The van der Waals surface area contributed by atoms with Crippen LogP contribution in [0.4, 0.5) is 4.79 Å². The molecule has 30 heavy (non-hydrogen) atoms. The highest BCUT2D eigenvalue weighted by Crippen LogP contribution is 2.33. The van der Waals surface area contributed by atoms with Crippen LogP contribution in [-0.2, 0) is 16.1 Å². The summed E-state index contributed by atoms with van der Waals surface area (Å²) in [5, 5.41) is 3.60. The Morgan fingerprint density at radius 1 is 0.967 bits per heavy atom. The van der Waals surface area contributed by atoms with E-state index in [0.29, 0.717) is 25.9 Å². The average molecular weight is 433 g/mol. The quantitative estimate of drug-likeness (QED) is 0.742. The minimum Gasteiger partial charge on any atom is -0.340 e. The first kappa shape index (κ1) is 21.1. The van der Waals surface area contributed by atoms with Gasteiger partial charge in [-0.1, -0.05) is 43.0 Å². The molecular weight excluding hydrogens is 404 g/mol. The fraction of sp³-hybridized carbons (Fsp3) is 0.591. The molecule has 0 unspecified atom stereocenters. The fourth-order valence-electron chi connectivity index (χ4n) is 4.78. The Kier molecular flexibility index (Phi) is 6.29. The highest BCUT2D eigenvalue weighted by molar-refractivity contribution is 6.30. The molecule has 1 saturated carbocycles. The van der Waals surface area contributed by atoms with Crippen LogP contribution in [-0.4, -0.2) is 70.8 Å². The van der Waals surface area contributed by atoms with Gasteiger partial charge in [-0.3, -0.25) is 19.4 Å². The lowest BCUT2D eigenvalue weighted by Gasteiger charge is -2.30. The maximum atomic E-state index is 12.9. The van der Waals surface area contributed by atoms with Crippen molar-refractivity contribution in [2.75, 3.05) is 32.7 Å². The second-order valence-corrected chi connectivity index (χ2v) is 9.04. The second-order valence-electron chi connectivity index (χ2n) is 8.60. The van der Waals surface area contributed by atoms with Gasteiger partial charge in [0.15, 0.2) is 0 Å². The number of halogens is 1. The zero-order valence-electron chi connectivity index (χ0n) is 17.2. The Morgan fingerprint density at radius 3 is 2.43 bits per heavy atom. The van der Waals surface area contributed by atoms with Crippen LogP contribution in [0.1, 0.15) is 44.1 Å². The van der Waals surface area contributed by atoms with Crippen LogP contribution in [0.3, 0.4) is 0 Å². The lowest BCUT2D eigenvalue weighted by atomic mass is 9.82. The number of amides is 4. The van der Waals surface area contributed by atoms with Crippen LogP contribution in [0.2, 0.25) is 5.02 Å². The topological polar surface area (TPSA) is 73.0 Å². The summed E-state index contributed by atoms with van der Waals surface area (Å²) in [6.07, 6.45) is 5.16. The van der Waals surface area contributed by atoms with Crippen molar-refractivity contribution < 1.29 is 14.4 Å². The summed E-state index contributed by atoms with van der Waals surface area (Å²) in [6.45, 7) is 3.56. The molecule has 1 aromatic carbocycles. The fourth-order valence-corrected chi connectivity index (χ4v) is 4.90. The number of hydrogen-bond donors (Lipinski definition) is 1. The first-order chi connectivity index (χ1) is 14.5. The highest BCUT2D eigenvalue weighted by atomic mass is 35.5. The molecule has 0 bridgehead atoms. The predicted molar refractivity (Wildman–Crippen MR) is 114 cm³/mol. The number of imide groups is 1. The van der Waals surface area contributed by atoms with E-state index in [1.54, 1.807) is 4.90 Å². The van der Waals surface area contributed by atoms with E-state index in [-0.39, 0.29) is 18.4 Å². The van der Waals surface area contributed by atoms with E-state index in [9.17, 15) is 14.4 Å². The molecule has 0 atom stereocenters. The van der Waals surface area contributed by atoms with E-state index in [1.165, 1.54) is 5.56 Å². The Labute approximate surface area is 182 Å². The van der Waals surface area contributed by atoms with Gasteiger partial charge in [-0.15, -0.1) is 0 Å². The van der Waals surface area contributed by atoms with E-state index in [4.69, 9.17) is 11.6 Å². The third kappa shape index (κ3) is 4.47. The molecule has 1 aromatic rings. The highest BCUT2D eigenvalue weighted by Gasteiger charge is 2.51. The number of rotatable bonds is 4. The summed E-state index contributed by atoms with van der Waals surface area (Å²) >= 11 is 5.96. The summed E-state index contributed by atoms with van der Waals surface area (Å²) in [7, 11) is 0. The van der Waals surface area contributed by atoms with E-state index < -0.39 is 11.6 Å². The first-order valence-electron chi connectivity index (χ1n) is 10.9. The number of urea groups is 1. The summed E-state index contributed by atoms with van der Waals surface area (Å²) in [5.41, 5.74) is 0.417. The maximum Gasteiger partial charge on any atom is 0.325 e. The molecule has 4 rings (SSSR count). The van der Waals surface area contributed by atoms with Crippen molar-refractivity contribution in [3.8, 4) is 0 Å². The van der Waals surface area contributed by atoms with Gasteiger partial charge in [0.2, 0.25) is 5.91 Å². The second kappa shape index (κ2) is 8.94. The Morgan fingerprint density at radius 2 is 1.70 bits per heavy atom. The van der Waals surface area contributed by atoms with Crippen molar-refractivity contribution in [2.45, 2.75) is 50.6 Å². The molecule has 0 aromatic heterocycles. The zero-order valence-corrected chi connectivity index (χ0v) is 18.0. The van der Waals surface area contributed by atoms with Gasteiger partial charge < -0.3 is 10.2 Å². The number of nitrogens with zero attached hydrogens (tertiary/aromatic N) is 3. The lowest BCUT2D eigenvalue weighted by molar-refractivity contribution is -0.139. The lowest BCUT2D eigenvalue weighted by Crippen LogP contribution is -2.49. The first-order valence-corrected chi connectivity index (χ1v) is 11.2. The largest absolute Gasteiger partial charge is 0.340 e. The molecule has 7 nitrogen and oxygen atoms in total. The molecule has 2 saturated heterocycles.